The molecule has 0 saturated heterocycles. The van der Waals surface area contributed by atoms with Gasteiger partial charge in [-0.15, -0.1) is 0 Å². The summed E-state index contributed by atoms with van der Waals surface area (Å²) in [7, 11) is 0. The normalized spacial score (nSPS) is 16.4. The summed E-state index contributed by atoms with van der Waals surface area (Å²) < 4.78 is 0. The number of unbranched alkanes of at least 4 members (excludes halogenated alkanes) is 1. The van der Waals surface area contributed by atoms with Crippen molar-refractivity contribution in [3.63, 3.8) is 0 Å². The van der Waals surface area contributed by atoms with E-state index in [1.54, 1.807) is 0 Å². The van der Waals surface area contributed by atoms with Crippen LogP contribution in [0, 0.1) is 5.92 Å². The molecule has 2 rings (SSSR count). The Morgan fingerprint density at radius 3 is 2.45 bits per heavy atom. The maximum absolute atomic E-state index is 5.60. The topological polar surface area (TPSA) is 38.0 Å². The molecule has 0 radical (unpaired) electrons. The maximum Gasteiger partial charge on any atom is 0.0205 e. The van der Waals surface area contributed by atoms with Crippen molar-refractivity contribution in [2.45, 2.75) is 64.5 Å². The fraction of sp³-hybridized carbons (Fsp3) is 0.600. The Balaban J connectivity index is 1.48. The number of hydrogen-bond acceptors (Lipinski definition) is 2. The molecular formula is C20H32N2. The third kappa shape index (κ3) is 6.76. The molecule has 0 bridgehead atoms. The first kappa shape index (κ1) is 17.2. The number of benzene rings is 1. The van der Waals surface area contributed by atoms with Crippen molar-refractivity contribution in [2.24, 2.45) is 11.7 Å². The summed E-state index contributed by atoms with van der Waals surface area (Å²) >= 11 is 0. The van der Waals surface area contributed by atoms with Crippen LogP contribution in [0.2, 0.25) is 0 Å². The summed E-state index contributed by atoms with van der Waals surface area (Å²) in [6.07, 6.45) is 15.8. The summed E-state index contributed by atoms with van der Waals surface area (Å²) in [5.74, 6) is 0.972. The fourth-order valence-corrected chi connectivity index (χ4v) is 3.20. The standard InChI is InChI=1S/C20H32N2/c21-16-19-11-13-20(14-12-19)17-22-15-7-2-1-4-8-18-9-5-3-6-10-18/h1,4,11-14,18,22H,2-3,5-10,15-17,21H2/b4-1+. The van der Waals surface area contributed by atoms with Crippen LogP contribution in [0.15, 0.2) is 36.4 Å². The van der Waals surface area contributed by atoms with E-state index in [0.29, 0.717) is 6.54 Å². The Kier molecular flexibility index (Phi) is 8.29. The smallest absolute Gasteiger partial charge is 0.0205 e. The van der Waals surface area contributed by atoms with E-state index < -0.39 is 0 Å². The van der Waals surface area contributed by atoms with Crippen LogP contribution < -0.4 is 11.1 Å². The van der Waals surface area contributed by atoms with E-state index in [-0.39, 0.29) is 0 Å². The zero-order valence-corrected chi connectivity index (χ0v) is 13.9. The van der Waals surface area contributed by atoms with E-state index >= 15 is 0 Å². The van der Waals surface area contributed by atoms with Crippen LogP contribution >= 0.6 is 0 Å². The summed E-state index contributed by atoms with van der Waals surface area (Å²) in [6, 6.07) is 8.56. The highest BCUT2D eigenvalue weighted by atomic mass is 14.8. The Hall–Kier alpha value is -1.12. The minimum absolute atomic E-state index is 0.626. The third-order valence-corrected chi connectivity index (χ3v) is 4.67. The molecule has 2 nitrogen and oxygen atoms in total. The Morgan fingerprint density at radius 1 is 1.00 bits per heavy atom. The zero-order valence-electron chi connectivity index (χ0n) is 13.9. The molecule has 1 aliphatic carbocycles. The fourth-order valence-electron chi connectivity index (χ4n) is 3.20. The van der Waals surface area contributed by atoms with Gasteiger partial charge < -0.3 is 11.1 Å². The van der Waals surface area contributed by atoms with Crippen molar-refractivity contribution in [3.8, 4) is 0 Å². The minimum Gasteiger partial charge on any atom is -0.326 e. The summed E-state index contributed by atoms with van der Waals surface area (Å²) in [6.45, 7) is 2.67. The van der Waals surface area contributed by atoms with Gasteiger partial charge >= 0.3 is 0 Å². The Bertz CT molecular complexity index is 416. The molecule has 0 unspecified atom stereocenters. The average Bonchev–Trinajstić information content (AvgIpc) is 2.59. The molecule has 1 saturated carbocycles. The van der Waals surface area contributed by atoms with Gasteiger partial charge in [-0.05, 0) is 42.9 Å². The van der Waals surface area contributed by atoms with Crippen LogP contribution in [-0.2, 0) is 13.1 Å². The molecule has 0 atom stereocenters. The first-order valence-electron chi connectivity index (χ1n) is 9.02. The van der Waals surface area contributed by atoms with E-state index in [1.165, 1.54) is 62.5 Å². The molecule has 122 valence electrons. The molecule has 0 amide bonds. The first-order chi connectivity index (χ1) is 10.9. The van der Waals surface area contributed by atoms with E-state index in [1.807, 2.05) is 0 Å². The lowest BCUT2D eigenvalue weighted by molar-refractivity contribution is 0.361. The van der Waals surface area contributed by atoms with Gasteiger partial charge in [-0.2, -0.15) is 0 Å². The van der Waals surface area contributed by atoms with Crippen LogP contribution in [0.4, 0.5) is 0 Å². The third-order valence-electron chi connectivity index (χ3n) is 4.67. The number of allylic oxidation sites excluding steroid dienone is 2. The molecule has 0 heterocycles. The Morgan fingerprint density at radius 2 is 1.73 bits per heavy atom. The highest BCUT2D eigenvalue weighted by Crippen LogP contribution is 2.26. The van der Waals surface area contributed by atoms with Gasteiger partial charge in [0.15, 0.2) is 0 Å². The van der Waals surface area contributed by atoms with Crippen LogP contribution in [0.25, 0.3) is 0 Å². The number of rotatable bonds is 9. The van der Waals surface area contributed by atoms with Crippen molar-refractivity contribution in [1.82, 2.24) is 5.32 Å². The molecule has 0 aliphatic heterocycles. The zero-order chi connectivity index (χ0) is 15.5. The minimum atomic E-state index is 0.626. The van der Waals surface area contributed by atoms with Gasteiger partial charge in [0.1, 0.15) is 0 Å². The lowest BCUT2D eigenvalue weighted by atomic mass is 9.87. The Labute approximate surface area is 136 Å². The molecular weight excluding hydrogens is 268 g/mol. The van der Waals surface area contributed by atoms with Crippen LogP contribution in [0.5, 0.6) is 0 Å². The first-order valence-corrected chi connectivity index (χ1v) is 9.02. The molecule has 1 aliphatic rings. The summed E-state index contributed by atoms with van der Waals surface area (Å²) in [4.78, 5) is 0. The van der Waals surface area contributed by atoms with Gasteiger partial charge in [0.25, 0.3) is 0 Å². The monoisotopic (exact) mass is 300 g/mol. The van der Waals surface area contributed by atoms with Crippen molar-refractivity contribution in [1.29, 1.82) is 0 Å². The molecule has 1 aromatic carbocycles. The molecule has 2 heteroatoms. The van der Waals surface area contributed by atoms with Crippen LogP contribution in [0.3, 0.4) is 0 Å². The second-order valence-electron chi connectivity index (χ2n) is 6.55. The predicted molar refractivity (Wildman–Crippen MR) is 95.6 cm³/mol. The van der Waals surface area contributed by atoms with Crippen LogP contribution in [-0.4, -0.2) is 6.54 Å². The van der Waals surface area contributed by atoms with Gasteiger partial charge in [0.05, 0.1) is 0 Å². The number of nitrogens with two attached hydrogens (primary N) is 1. The van der Waals surface area contributed by atoms with Crippen molar-refractivity contribution >= 4 is 0 Å². The van der Waals surface area contributed by atoms with E-state index in [4.69, 9.17) is 5.73 Å². The highest BCUT2D eigenvalue weighted by molar-refractivity contribution is 5.22. The van der Waals surface area contributed by atoms with Gasteiger partial charge in [-0.25, -0.2) is 0 Å². The molecule has 1 aromatic rings. The molecule has 1 fully saturated rings. The molecule has 0 spiro atoms. The number of nitrogens with one attached hydrogen (secondary N) is 1. The highest BCUT2D eigenvalue weighted by Gasteiger charge is 2.10. The average molecular weight is 300 g/mol. The molecule has 22 heavy (non-hydrogen) atoms. The van der Waals surface area contributed by atoms with Gasteiger partial charge in [-0.3, -0.25) is 0 Å². The van der Waals surface area contributed by atoms with Gasteiger partial charge in [-0.1, -0.05) is 68.5 Å². The maximum atomic E-state index is 5.60. The summed E-state index contributed by atoms with van der Waals surface area (Å²) in [5.41, 5.74) is 8.14. The predicted octanol–water partition coefficient (Wildman–Crippen LogP) is 4.54. The van der Waals surface area contributed by atoms with E-state index in [9.17, 15) is 0 Å². The van der Waals surface area contributed by atoms with Gasteiger partial charge in [0.2, 0.25) is 0 Å². The molecule has 3 N–H and O–H groups in total. The summed E-state index contributed by atoms with van der Waals surface area (Å²) in [5, 5.41) is 3.51. The van der Waals surface area contributed by atoms with Crippen molar-refractivity contribution < 1.29 is 0 Å². The van der Waals surface area contributed by atoms with Gasteiger partial charge in [0, 0.05) is 13.1 Å². The SMILES string of the molecule is NCc1ccc(CNCCC/C=C/CC2CCCCC2)cc1. The lowest BCUT2D eigenvalue weighted by Crippen LogP contribution is -2.14. The van der Waals surface area contributed by atoms with Crippen molar-refractivity contribution in [3.05, 3.63) is 47.5 Å². The molecule has 0 aromatic heterocycles. The number of hydrogen-bond donors (Lipinski definition) is 2. The van der Waals surface area contributed by atoms with E-state index in [2.05, 4.69) is 41.7 Å². The van der Waals surface area contributed by atoms with E-state index in [0.717, 1.165) is 19.0 Å². The second-order valence-corrected chi connectivity index (χ2v) is 6.55. The quantitative estimate of drug-likeness (QED) is 0.519. The van der Waals surface area contributed by atoms with Crippen LogP contribution in [0.1, 0.15) is 62.5 Å². The van der Waals surface area contributed by atoms with Crippen molar-refractivity contribution in [2.75, 3.05) is 6.54 Å². The lowest BCUT2D eigenvalue weighted by Gasteiger charge is -2.19. The largest absolute Gasteiger partial charge is 0.326 e. The second kappa shape index (κ2) is 10.6.